The summed E-state index contributed by atoms with van der Waals surface area (Å²) in [6.07, 6.45) is 2.74. The fourth-order valence-corrected chi connectivity index (χ4v) is 3.74. The number of rotatable bonds is 6. The molecule has 2 N–H and O–H groups in total. The van der Waals surface area contributed by atoms with Crippen molar-refractivity contribution in [1.82, 2.24) is 10.6 Å². The van der Waals surface area contributed by atoms with Crippen LogP contribution in [0.25, 0.3) is 11.1 Å². The Bertz CT molecular complexity index is 787. The number of nitrogens with one attached hydrogen (secondary N) is 2. The third-order valence-electron chi connectivity index (χ3n) is 5.14. The molecule has 0 unspecified atom stereocenters. The van der Waals surface area contributed by atoms with E-state index in [2.05, 4.69) is 10.6 Å². The molecule has 3 rings (SSSR count). The molecule has 2 atom stereocenters. The van der Waals surface area contributed by atoms with Crippen LogP contribution in [0, 0.1) is 11.8 Å². The fourth-order valence-electron chi connectivity index (χ4n) is 3.61. The Kier molecular flexibility index (Phi) is 6.51. The van der Waals surface area contributed by atoms with E-state index in [1.165, 1.54) is 0 Å². The quantitative estimate of drug-likeness (QED) is 0.780. The van der Waals surface area contributed by atoms with Crippen molar-refractivity contribution < 1.29 is 9.59 Å². The van der Waals surface area contributed by atoms with E-state index in [4.69, 9.17) is 11.6 Å². The van der Waals surface area contributed by atoms with E-state index >= 15 is 0 Å². The molecule has 1 aliphatic carbocycles. The lowest BCUT2D eigenvalue weighted by atomic mass is 10.0. The Morgan fingerprint density at radius 3 is 2.22 bits per heavy atom. The smallest absolute Gasteiger partial charge is 0.251 e. The zero-order valence-corrected chi connectivity index (χ0v) is 16.3. The number of hydrogen-bond donors (Lipinski definition) is 2. The van der Waals surface area contributed by atoms with Crippen molar-refractivity contribution in [3.8, 4) is 11.1 Å². The topological polar surface area (TPSA) is 58.2 Å². The molecule has 142 valence electrons. The first-order chi connectivity index (χ1) is 13.1. The minimum atomic E-state index is -0.0703. The summed E-state index contributed by atoms with van der Waals surface area (Å²) >= 11 is 5.92. The van der Waals surface area contributed by atoms with E-state index in [0.717, 1.165) is 30.4 Å². The van der Waals surface area contributed by atoms with Gasteiger partial charge in [-0.05, 0) is 67.5 Å². The molecule has 0 spiro atoms. The van der Waals surface area contributed by atoms with Gasteiger partial charge in [0.2, 0.25) is 5.91 Å². The van der Waals surface area contributed by atoms with Gasteiger partial charge in [-0.15, -0.1) is 0 Å². The molecule has 0 radical (unpaired) electrons. The van der Waals surface area contributed by atoms with Crippen molar-refractivity contribution in [2.24, 2.45) is 11.8 Å². The first kappa shape index (κ1) is 19.4. The summed E-state index contributed by atoms with van der Waals surface area (Å²) in [5, 5.41) is 6.60. The van der Waals surface area contributed by atoms with Gasteiger partial charge in [0.25, 0.3) is 5.91 Å². The maximum absolute atomic E-state index is 12.4. The molecule has 27 heavy (non-hydrogen) atoms. The monoisotopic (exact) mass is 384 g/mol. The van der Waals surface area contributed by atoms with Crippen LogP contribution in [-0.4, -0.2) is 24.9 Å². The summed E-state index contributed by atoms with van der Waals surface area (Å²) in [5.74, 6) is 0.531. The summed E-state index contributed by atoms with van der Waals surface area (Å²) < 4.78 is 0. The van der Waals surface area contributed by atoms with Crippen molar-refractivity contribution in [2.45, 2.75) is 26.2 Å². The number of benzene rings is 2. The van der Waals surface area contributed by atoms with Crippen LogP contribution in [-0.2, 0) is 4.79 Å². The van der Waals surface area contributed by atoms with E-state index in [0.29, 0.717) is 29.6 Å². The highest BCUT2D eigenvalue weighted by molar-refractivity contribution is 6.30. The minimum Gasteiger partial charge on any atom is -0.356 e. The third-order valence-corrected chi connectivity index (χ3v) is 5.39. The highest BCUT2D eigenvalue weighted by Gasteiger charge is 2.29. The number of amides is 2. The molecule has 0 aromatic heterocycles. The Hall–Kier alpha value is -2.33. The van der Waals surface area contributed by atoms with Crippen molar-refractivity contribution >= 4 is 23.4 Å². The zero-order valence-electron chi connectivity index (χ0n) is 15.5. The average molecular weight is 385 g/mol. The van der Waals surface area contributed by atoms with E-state index < -0.39 is 0 Å². The van der Waals surface area contributed by atoms with Crippen LogP contribution >= 0.6 is 11.6 Å². The second-order valence-corrected chi connectivity index (χ2v) is 7.50. The summed E-state index contributed by atoms with van der Waals surface area (Å²) in [7, 11) is 0. The molecule has 5 heteroatoms. The molecular weight excluding hydrogens is 360 g/mol. The molecule has 0 aliphatic heterocycles. The second kappa shape index (κ2) is 9.05. The first-order valence-corrected chi connectivity index (χ1v) is 9.86. The summed E-state index contributed by atoms with van der Waals surface area (Å²) in [5.41, 5.74) is 2.75. The largest absolute Gasteiger partial charge is 0.356 e. The molecular formula is C22H25ClN2O2. The predicted octanol–water partition coefficient (Wildman–Crippen LogP) is 4.29. The van der Waals surface area contributed by atoms with Gasteiger partial charge >= 0.3 is 0 Å². The molecule has 0 bridgehead atoms. The molecule has 0 heterocycles. The second-order valence-electron chi connectivity index (χ2n) is 7.06. The number of carbonyl (C=O) groups excluding carboxylic acids is 2. The highest BCUT2D eigenvalue weighted by atomic mass is 35.5. The molecule has 2 aromatic carbocycles. The van der Waals surface area contributed by atoms with Gasteiger partial charge in [-0.1, -0.05) is 35.9 Å². The fraction of sp³-hybridized carbons (Fsp3) is 0.364. The molecule has 2 amide bonds. The summed E-state index contributed by atoms with van der Waals surface area (Å²) in [4.78, 5) is 24.3. The van der Waals surface area contributed by atoms with Crippen LogP contribution in [0.2, 0.25) is 5.02 Å². The van der Waals surface area contributed by atoms with Crippen molar-refractivity contribution in [3.05, 3.63) is 59.1 Å². The lowest BCUT2D eigenvalue weighted by molar-refractivity contribution is -0.124. The van der Waals surface area contributed by atoms with Gasteiger partial charge < -0.3 is 10.6 Å². The summed E-state index contributed by atoms with van der Waals surface area (Å²) in [6, 6.07) is 15.2. The first-order valence-electron chi connectivity index (χ1n) is 9.48. The van der Waals surface area contributed by atoms with E-state index in [9.17, 15) is 9.59 Å². The standard InChI is InChI=1S/C22H25ClN2O2/c1-2-24-22(27)19-4-3-15(13-19)14-25-21(26)18-7-5-16(6-8-18)17-9-11-20(23)12-10-17/h5-12,15,19H,2-4,13-14H2,1H3,(H,24,27)(H,25,26)/t15-,19+/m1/s1. The molecule has 1 saturated carbocycles. The normalized spacial score (nSPS) is 18.9. The average Bonchev–Trinajstić information content (AvgIpc) is 3.16. The molecule has 1 aliphatic rings. The zero-order chi connectivity index (χ0) is 19.2. The van der Waals surface area contributed by atoms with Gasteiger partial charge in [-0.25, -0.2) is 0 Å². The number of halogens is 1. The maximum atomic E-state index is 12.4. The van der Waals surface area contributed by atoms with Gasteiger partial charge in [-0.2, -0.15) is 0 Å². The van der Waals surface area contributed by atoms with Crippen LogP contribution in [0.5, 0.6) is 0 Å². The van der Waals surface area contributed by atoms with Gasteiger partial charge in [0, 0.05) is 29.6 Å². The van der Waals surface area contributed by atoms with Crippen LogP contribution in [0.1, 0.15) is 36.5 Å². The Balaban J connectivity index is 1.51. The van der Waals surface area contributed by atoms with Crippen molar-refractivity contribution in [1.29, 1.82) is 0 Å². The molecule has 0 saturated heterocycles. The van der Waals surface area contributed by atoms with Gasteiger partial charge in [0.1, 0.15) is 0 Å². The van der Waals surface area contributed by atoms with Gasteiger partial charge in [0.05, 0.1) is 0 Å². The van der Waals surface area contributed by atoms with Gasteiger partial charge in [0.15, 0.2) is 0 Å². The Morgan fingerprint density at radius 1 is 0.963 bits per heavy atom. The lowest BCUT2D eigenvalue weighted by Gasteiger charge is -2.12. The van der Waals surface area contributed by atoms with Crippen molar-refractivity contribution in [3.63, 3.8) is 0 Å². The van der Waals surface area contributed by atoms with Crippen LogP contribution in [0.4, 0.5) is 0 Å². The van der Waals surface area contributed by atoms with E-state index in [1.54, 1.807) is 0 Å². The summed E-state index contributed by atoms with van der Waals surface area (Å²) in [6.45, 7) is 3.22. The minimum absolute atomic E-state index is 0.0703. The maximum Gasteiger partial charge on any atom is 0.251 e. The van der Waals surface area contributed by atoms with E-state index in [1.807, 2.05) is 55.5 Å². The predicted molar refractivity (Wildman–Crippen MR) is 109 cm³/mol. The van der Waals surface area contributed by atoms with Crippen LogP contribution in [0.3, 0.4) is 0 Å². The number of hydrogen-bond acceptors (Lipinski definition) is 2. The lowest BCUT2D eigenvalue weighted by Crippen LogP contribution is -2.31. The number of carbonyl (C=O) groups is 2. The highest BCUT2D eigenvalue weighted by Crippen LogP contribution is 2.30. The van der Waals surface area contributed by atoms with E-state index in [-0.39, 0.29) is 17.7 Å². The third kappa shape index (κ3) is 5.10. The molecule has 2 aromatic rings. The van der Waals surface area contributed by atoms with Crippen LogP contribution < -0.4 is 10.6 Å². The van der Waals surface area contributed by atoms with Crippen molar-refractivity contribution in [2.75, 3.05) is 13.1 Å². The molecule has 4 nitrogen and oxygen atoms in total. The Morgan fingerprint density at radius 2 is 1.59 bits per heavy atom. The Labute approximate surface area is 165 Å². The molecule has 1 fully saturated rings. The van der Waals surface area contributed by atoms with Crippen LogP contribution in [0.15, 0.2) is 48.5 Å². The van der Waals surface area contributed by atoms with Gasteiger partial charge in [-0.3, -0.25) is 9.59 Å². The SMILES string of the molecule is CCNC(=O)[C@H]1CC[C@@H](CNC(=O)c2ccc(-c3ccc(Cl)cc3)cc2)C1.